The predicted molar refractivity (Wildman–Crippen MR) is 118 cm³/mol. The van der Waals surface area contributed by atoms with Gasteiger partial charge in [-0.2, -0.15) is 0 Å². The van der Waals surface area contributed by atoms with Gasteiger partial charge < -0.3 is 25.0 Å². The number of rotatable bonds is 2. The summed E-state index contributed by atoms with van der Waals surface area (Å²) in [6.45, 7) is 2.97. The molecule has 1 spiro atoms. The summed E-state index contributed by atoms with van der Waals surface area (Å²) in [4.78, 5) is 22.6. The number of fused-ring (bicyclic) bond motifs is 2. The molecular weight excluding hydrogens is 435 g/mol. The second-order valence-electron chi connectivity index (χ2n) is 9.08. The number of aromatic nitrogens is 1. The first-order valence-electron chi connectivity index (χ1n) is 11.1. The van der Waals surface area contributed by atoms with E-state index in [0.29, 0.717) is 31.0 Å². The van der Waals surface area contributed by atoms with E-state index in [-0.39, 0.29) is 51.9 Å². The molecule has 2 saturated heterocycles. The zero-order chi connectivity index (χ0) is 22.0. The smallest absolute Gasteiger partial charge is 0.261 e. The molecule has 0 radical (unpaired) electrons. The molecule has 7 nitrogen and oxygen atoms in total. The summed E-state index contributed by atoms with van der Waals surface area (Å²) in [5, 5.41) is 13.8. The number of piperazine rings is 1. The molecule has 4 heterocycles. The van der Waals surface area contributed by atoms with E-state index >= 15 is 0 Å². The Morgan fingerprint density at radius 2 is 2.09 bits per heavy atom. The Kier molecular flexibility index (Phi) is 4.52. The van der Waals surface area contributed by atoms with Crippen molar-refractivity contribution in [1.29, 1.82) is 0 Å². The summed E-state index contributed by atoms with van der Waals surface area (Å²) in [5.74, 6) is -0.318. The van der Waals surface area contributed by atoms with E-state index in [1.165, 1.54) is 18.2 Å². The third-order valence-electron chi connectivity index (χ3n) is 7.23. The van der Waals surface area contributed by atoms with Crippen LogP contribution in [0.25, 0.3) is 11.3 Å². The van der Waals surface area contributed by atoms with E-state index in [4.69, 9.17) is 21.3 Å². The summed E-state index contributed by atoms with van der Waals surface area (Å²) in [7, 11) is 0. The van der Waals surface area contributed by atoms with Crippen molar-refractivity contribution in [3.05, 3.63) is 34.6 Å². The average Bonchev–Trinajstić information content (AvgIpc) is 3.47. The highest BCUT2D eigenvalue weighted by atomic mass is 35.5. The maximum Gasteiger partial charge on any atom is 0.261 e. The number of amides is 1. The third-order valence-corrected chi connectivity index (χ3v) is 7.58. The molecule has 1 aliphatic carbocycles. The van der Waals surface area contributed by atoms with Gasteiger partial charge in [0.1, 0.15) is 40.3 Å². The molecule has 1 saturated carbocycles. The van der Waals surface area contributed by atoms with Gasteiger partial charge in [-0.25, -0.2) is 9.37 Å². The Morgan fingerprint density at radius 3 is 2.88 bits per heavy atom. The first kappa shape index (κ1) is 20.1. The lowest BCUT2D eigenvalue weighted by Gasteiger charge is -2.34. The number of hydrogen-bond donors (Lipinski definition) is 2. The van der Waals surface area contributed by atoms with Gasteiger partial charge in [-0.1, -0.05) is 17.7 Å². The fraction of sp³-hybridized carbons (Fsp3) is 0.478. The number of carbonyl (C=O) groups excluding carboxylic acids is 1. The van der Waals surface area contributed by atoms with Crippen LogP contribution in [0.5, 0.6) is 11.5 Å². The first-order valence-corrected chi connectivity index (χ1v) is 11.5. The van der Waals surface area contributed by atoms with E-state index < -0.39 is 5.82 Å². The standard InChI is InChI=1S/C23H24ClFN4O3/c24-18-19(16-14(25)3-1-4-15(16)30)27-21(29-9-2-5-23(29)6-7-23)17-20(18)32-12-13-11-26-8-10-28(13)22(17)31/h1,3-4,13,26,30H,2,5-12H2/t13-/m1/s1. The first-order chi connectivity index (χ1) is 15.5. The molecule has 4 aliphatic rings. The van der Waals surface area contributed by atoms with Crippen molar-refractivity contribution in [1.82, 2.24) is 15.2 Å². The van der Waals surface area contributed by atoms with E-state index in [1.807, 2.05) is 4.90 Å². The third kappa shape index (κ3) is 2.89. The molecule has 2 aromatic rings. The highest BCUT2D eigenvalue weighted by Gasteiger charge is 2.53. The number of ether oxygens (including phenoxy) is 1. The van der Waals surface area contributed by atoms with Crippen molar-refractivity contribution >= 4 is 23.3 Å². The average molecular weight is 459 g/mol. The van der Waals surface area contributed by atoms with Crippen molar-refractivity contribution in [3.63, 3.8) is 0 Å². The van der Waals surface area contributed by atoms with Gasteiger partial charge in [-0.15, -0.1) is 0 Å². The number of nitrogens with one attached hydrogen (secondary N) is 1. The Balaban J connectivity index is 1.60. The van der Waals surface area contributed by atoms with Crippen molar-refractivity contribution < 1.29 is 19.0 Å². The Bertz CT molecular complexity index is 1100. The Morgan fingerprint density at radius 1 is 1.25 bits per heavy atom. The maximum atomic E-state index is 14.8. The van der Waals surface area contributed by atoms with Crippen LogP contribution in [0.1, 0.15) is 36.0 Å². The number of halogens is 2. The van der Waals surface area contributed by atoms with E-state index in [2.05, 4.69) is 10.2 Å². The summed E-state index contributed by atoms with van der Waals surface area (Å²) in [6.07, 6.45) is 4.12. The quantitative estimate of drug-likeness (QED) is 0.719. The number of hydrogen-bond acceptors (Lipinski definition) is 6. The van der Waals surface area contributed by atoms with Crippen LogP contribution in [0.15, 0.2) is 18.2 Å². The minimum absolute atomic E-state index is 0.00140. The number of carbonyl (C=O) groups is 1. The van der Waals surface area contributed by atoms with Gasteiger partial charge >= 0.3 is 0 Å². The summed E-state index contributed by atoms with van der Waals surface area (Å²) >= 11 is 6.74. The van der Waals surface area contributed by atoms with Gasteiger partial charge in [0.05, 0.1) is 11.6 Å². The molecule has 32 heavy (non-hydrogen) atoms. The largest absolute Gasteiger partial charge is 0.507 e. The lowest BCUT2D eigenvalue weighted by atomic mass is 10.0. The molecule has 3 aliphatic heterocycles. The maximum absolute atomic E-state index is 14.8. The second kappa shape index (κ2) is 7.22. The number of pyridine rings is 1. The topological polar surface area (TPSA) is 77.9 Å². The highest BCUT2D eigenvalue weighted by molar-refractivity contribution is 6.35. The number of nitrogens with zero attached hydrogens (tertiary/aromatic N) is 3. The monoisotopic (exact) mass is 458 g/mol. The van der Waals surface area contributed by atoms with Crippen LogP contribution >= 0.6 is 11.6 Å². The number of anilines is 1. The fourth-order valence-electron chi connectivity index (χ4n) is 5.40. The molecule has 3 fully saturated rings. The molecule has 168 valence electrons. The van der Waals surface area contributed by atoms with Gasteiger partial charge in [0.2, 0.25) is 0 Å². The van der Waals surface area contributed by atoms with Gasteiger partial charge in [0, 0.05) is 31.7 Å². The van der Waals surface area contributed by atoms with Crippen molar-refractivity contribution in [3.8, 4) is 22.8 Å². The zero-order valence-corrected chi connectivity index (χ0v) is 18.3. The lowest BCUT2D eigenvalue weighted by Crippen LogP contribution is -2.55. The van der Waals surface area contributed by atoms with Crippen LogP contribution < -0.4 is 15.0 Å². The van der Waals surface area contributed by atoms with Crippen LogP contribution in [-0.4, -0.2) is 65.3 Å². The van der Waals surface area contributed by atoms with E-state index in [0.717, 1.165) is 32.2 Å². The summed E-state index contributed by atoms with van der Waals surface area (Å²) in [6, 6.07) is 3.97. The lowest BCUT2D eigenvalue weighted by molar-refractivity contribution is 0.0606. The Labute approximate surface area is 190 Å². The van der Waals surface area contributed by atoms with Crippen LogP contribution in [0, 0.1) is 5.82 Å². The molecule has 1 aromatic carbocycles. The molecule has 9 heteroatoms. The molecule has 0 bridgehead atoms. The fourth-order valence-corrected chi connectivity index (χ4v) is 5.69. The van der Waals surface area contributed by atoms with Crippen LogP contribution in [0.4, 0.5) is 10.2 Å². The number of phenols is 1. The van der Waals surface area contributed by atoms with Crippen molar-refractivity contribution in [2.75, 3.05) is 37.7 Å². The van der Waals surface area contributed by atoms with E-state index in [1.54, 1.807) is 0 Å². The van der Waals surface area contributed by atoms with Crippen molar-refractivity contribution in [2.24, 2.45) is 0 Å². The molecular formula is C23H24ClFN4O3. The molecule has 2 N–H and O–H groups in total. The minimum Gasteiger partial charge on any atom is -0.507 e. The molecule has 1 atom stereocenters. The molecule has 1 aromatic heterocycles. The predicted octanol–water partition coefficient (Wildman–Crippen LogP) is 3.19. The molecule has 1 amide bonds. The van der Waals surface area contributed by atoms with Crippen LogP contribution in [0.3, 0.4) is 0 Å². The zero-order valence-electron chi connectivity index (χ0n) is 17.5. The second-order valence-corrected chi connectivity index (χ2v) is 9.46. The summed E-state index contributed by atoms with van der Waals surface area (Å²) in [5.41, 5.74) is 0.375. The minimum atomic E-state index is -0.630. The normalized spacial score (nSPS) is 23.6. The summed E-state index contributed by atoms with van der Waals surface area (Å²) < 4.78 is 21.0. The van der Waals surface area contributed by atoms with Crippen LogP contribution in [0.2, 0.25) is 5.02 Å². The van der Waals surface area contributed by atoms with Gasteiger partial charge in [0.25, 0.3) is 5.91 Å². The van der Waals surface area contributed by atoms with Gasteiger partial charge in [0.15, 0.2) is 5.75 Å². The van der Waals surface area contributed by atoms with Gasteiger partial charge in [-0.05, 0) is 37.8 Å². The van der Waals surface area contributed by atoms with Crippen molar-refractivity contribution in [2.45, 2.75) is 37.3 Å². The Hall–Kier alpha value is -2.58. The van der Waals surface area contributed by atoms with E-state index in [9.17, 15) is 14.3 Å². The molecule has 0 unspecified atom stereocenters. The van der Waals surface area contributed by atoms with Crippen LogP contribution in [-0.2, 0) is 0 Å². The highest BCUT2D eigenvalue weighted by Crippen LogP contribution is 2.54. The molecule has 6 rings (SSSR count). The number of benzene rings is 1. The number of aromatic hydroxyl groups is 1. The number of phenolic OH excluding ortho intramolecular Hbond substituents is 1. The SMILES string of the molecule is O=C1c2c(N3CCCC34CC4)nc(-c3c(O)cccc3F)c(Cl)c2OC[C@H]2CNCCN12. The van der Waals surface area contributed by atoms with Gasteiger partial charge in [-0.3, -0.25) is 4.79 Å².